The molecule has 1 atom stereocenters. The normalized spacial score (nSPS) is 19.8. The standard InChI is InChI=1S/C19H22ClF3IN3O3/c20-15-9-12(16(29)11-28)10-25-17(15)27-7-5-24(6-8-27)18(30)26-14-3-1-13(2-4-14)19(21,22)23/h1,3,9-10,16,28-29H,2,4-8,11H2,(H,26,30)/t16-/m1/s1. The molecule has 11 heteroatoms. The second-order valence-corrected chi connectivity index (χ2v) is 13.0. The molecule has 0 aromatic carbocycles. The van der Waals surface area contributed by atoms with Gasteiger partial charge < -0.3 is 0 Å². The first kappa shape index (κ1) is 23.3. The molecule has 0 unspecified atom stereocenters. The number of nitrogens with zero attached hydrogens (tertiary/aromatic N) is 2. The fraction of sp³-hybridized carbons (Fsp3) is 0.474. The van der Waals surface area contributed by atoms with Crippen LogP contribution in [-0.2, 0) is 0 Å². The molecule has 3 rings (SSSR count). The summed E-state index contributed by atoms with van der Waals surface area (Å²) in [5.41, 5.74) is 0.393. The summed E-state index contributed by atoms with van der Waals surface area (Å²) in [5, 5.41) is 21.9. The summed E-state index contributed by atoms with van der Waals surface area (Å²) in [4.78, 5) is 18.8. The molecule has 1 aliphatic carbocycles. The van der Waals surface area contributed by atoms with E-state index in [0.717, 1.165) is 6.08 Å². The maximum absolute atomic E-state index is 12.7. The van der Waals surface area contributed by atoms with Crippen LogP contribution in [0.15, 0.2) is 35.7 Å². The van der Waals surface area contributed by atoms with E-state index < -0.39 is 44.3 Å². The number of aromatic nitrogens is 1. The van der Waals surface area contributed by atoms with Crippen molar-refractivity contribution in [1.82, 2.24) is 10.3 Å². The predicted molar refractivity (Wildman–Crippen MR) is 117 cm³/mol. The summed E-state index contributed by atoms with van der Waals surface area (Å²) in [5.74, 6) is 0.571. The molecule has 1 amide bonds. The van der Waals surface area contributed by atoms with Gasteiger partial charge in [0, 0.05) is 0 Å². The third-order valence-electron chi connectivity index (χ3n) is 4.88. The first-order chi connectivity index (χ1) is 14.2. The third kappa shape index (κ3) is 5.65. The van der Waals surface area contributed by atoms with E-state index in [1.54, 1.807) is 6.07 Å². The quantitative estimate of drug-likeness (QED) is 0.220. The van der Waals surface area contributed by atoms with Gasteiger partial charge in [0.15, 0.2) is 0 Å². The first-order valence-corrected chi connectivity index (χ1v) is 13.8. The average molecular weight is 560 g/mol. The number of carbonyl (C=O) groups excluding carboxylic acids is 1. The molecule has 0 saturated carbocycles. The molecule has 1 aromatic rings. The summed E-state index contributed by atoms with van der Waals surface area (Å²) in [7, 11) is 0. The van der Waals surface area contributed by atoms with Crippen LogP contribution in [0, 0.1) is 0 Å². The Morgan fingerprint density at radius 2 is 2.00 bits per heavy atom. The van der Waals surface area contributed by atoms with Gasteiger partial charge >= 0.3 is 184 Å². The number of hydrogen-bond acceptors (Lipinski definition) is 5. The van der Waals surface area contributed by atoms with E-state index in [0.29, 0.717) is 44.0 Å². The topological polar surface area (TPSA) is 85.7 Å². The molecule has 1 fully saturated rings. The Labute approximate surface area is 184 Å². The molecule has 0 spiro atoms. The molecule has 166 valence electrons. The molecule has 30 heavy (non-hydrogen) atoms. The SMILES string of the molecule is O=C(NC1=CC=C(C(F)(F)F)CC1)I1CCN(c2ncc([C@H](O)CO)cc2Cl)CC1. The zero-order valence-electron chi connectivity index (χ0n) is 15.9. The number of nitrogens with one attached hydrogen (secondary N) is 1. The molecule has 0 radical (unpaired) electrons. The van der Waals surface area contributed by atoms with Crippen LogP contribution in [0.1, 0.15) is 24.5 Å². The van der Waals surface area contributed by atoms with Gasteiger partial charge in [-0.1, -0.05) is 0 Å². The van der Waals surface area contributed by atoms with Crippen molar-refractivity contribution in [2.75, 3.05) is 33.5 Å². The van der Waals surface area contributed by atoms with Crippen LogP contribution in [0.2, 0.25) is 5.02 Å². The number of anilines is 1. The van der Waals surface area contributed by atoms with E-state index in [1.807, 2.05) is 4.90 Å². The van der Waals surface area contributed by atoms with Crippen LogP contribution < -0.4 is 10.2 Å². The summed E-state index contributed by atoms with van der Waals surface area (Å²) < 4.78 is 39.5. The van der Waals surface area contributed by atoms with Crippen LogP contribution in [0.3, 0.4) is 0 Å². The Kier molecular flexibility index (Phi) is 7.64. The van der Waals surface area contributed by atoms with Crippen molar-refractivity contribution in [3.63, 3.8) is 0 Å². The third-order valence-corrected chi connectivity index (χ3v) is 10.4. The monoisotopic (exact) mass is 559 g/mol. The Balaban J connectivity index is 1.55. The summed E-state index contributed by atoms with van der Waals surface area (Å²) in [6.07, 6.45) is -1.44. The van der Waals surface area contributed by atoms with E-state index in [2.05, 4.69) is 10.3 Å². The van der Waals surface area contributed by atoms with Crippen molar-refractivity contribution in [1.29, 1.82) is 0 Å². The molecule has 0 bridgehead atoms. The van der Waals surface area contributed by atoms with Crippen LogP contribution >= 0.6 is 31.4 Å². The molecule has 1 aromatic heterocycles. The number of carbonyl (C=O) groups is 1. The van der Waals surface area contributed by atoms with Gasteiger partial charge in [0.05, 0.1) is 0 Å². The molecule has 3 N–H and O–H groups in total. The number of rotatable bonds is 5. The molecule has 2 heterocycles. The minimum atomic E-state index is -4.32. The predicted octanol–water partition coefficient (Wildman–Crippen LogP) is 3.96. The number of amides is 1. The van der Waals surface area contributed by atoms with Gasteiger partial charge in [0.25, 0.3) is 0 Å². The van der Waals surface area contributed by atoms with Crippen molar-refractivity contribution in [2.24, 2.45) is 0 Å². The summed E-state index contributed by atoms with van der Waals surface area (Å²) >= 11 is 4.32. The van der Waals surface area contributed by atoms with Gasteiger partial charge in [-0.15, -0.1) is 0 Å². The fourth-order valence-electron chi connectivity index (χ4n) is 3.13. The number of aliphatic hydroxyl groups is 2. The van der Waals surface area contributed by atoms with Gasteiger partial charge in [-0.3, -0.25) is 0 Å². The number of pyridine rings is 1. The molecule has 2 aliphatic rings. The zero-order chi connectivity index (χ0) is 21.9. The van der Waals surface area contributed by atoms with E-state index in [9.17, 15) is 23.1 Å². The van der Waals surface area contributed by atoms with Gasteiger partial charge in [0.1, 0.15) is 0 Å². The van der Waals surface area contributed by atoms with Gasteiger partial charge in [-0.2, -0.15) is 0 Å². The van der Waals surface area contributed by atoms with Crippen molar-refractivity contribution in [2.45, 2.75) is 25.1 Å². The van der Waals surface area contributed by atoms with Gasteiger partial charge in [-0.25, -0.2) is 0 Å². The van der Waals surface area contributed by atoms with Crippen molar-refractivity contribution >= 4 is 41.2 Å². The molecule has 1 aliphatic heterocycles. The van der Waals surface area contributed by atoms with Crippen LogP contribution in [0.5, 0.6) is 0 Å². The number of hydrogen-bond donors (Lipinski definition) is 3. The molecule has 1 saturated heterocycles. The van der Waals surface area contributed by atoms with Gasteiger partial charge in [-0.05, 0) is 0 Å². The van der Waals surface area contributed by atoms with Gasteiger partial charge in [0.2, 0.25) is 0 Å². The second-order valence-electron chi connectivity index (χ2n) is 6.87. The van der Waals surface area contributed by atoms with Crippen LogP contribution in [-0.4, -0.2) is 53.8 Å². The average Bonchev–Trinajstić information content (AvgIpc) is 2.73. The van der Waals surface area contributed by atoms with Crippen molar-refractivity contribution in [3.05, 3.63) is 46.3 Å². The van der Waals surface area contributed by atoms with E-state index in [1.165, 1.54) is 12.3 Å². The first-order valence-electron chi connectivity index (χ1n) is 9.28. The molecular formula is C19H22ClF3IN3O3. The Bertz CT molecular complexity index is 855. The molecule has 6 nitrogen and oxygen atoms in total. The number of allylic oxidation sites excluding steroid dienone is 4. The molecular weight excluding hydrogens is 538 g/mol. The fourth-order valence-corrected chi connectivity index (χ4v) is 8.00. The Hall–Kier alpha value is -1.37. The zero-order valence-corrected chi connectivity index (χ0v) is 18.8. The summed E-state index contributed by atoms with van der Waals surface area (Å²) in [6.45, 7) is 0.808. The number of alkyl halides is 5. The van der Waals surface area contributed by atoms with Crippen molar-refractivity contribution < 1.29 is 28.2 Å². The van der Waals surface area contributed by atoms with E-state index in [-0.39, 0.29) is 16.8 Å². The Morgan fingerprint density at radius 1 is 1.30 bits per heavy atom. The van der Waals surface area contributed by atoms with Crippen LogP contribution in [0.25, 0.3) is 0 Å². The van der Waals surface area contributed by atoms with E-state index >= 15 is 0 Å². The Morgan fingerprint density at radius 3 is 2.53 bits per heavy atom. The maximum atomic E-state index is 12.7. The van der Waals surface area contributed by atoms with E-state index in [4.69, 9.17) is 16.7 Å². The number of aliphatic hydroxyl groups excluding tert-OH is 2. The minimum absolute atomic E-state index is 0.0329. The number of halogens is 5. The second kappa shape index (κ2) is 9.84. The van der Waals surface area contributed by atoms with Crippen molar-refractivity contribution in [3.8, 4) is 0 Å². The van der Waals surface area contributed by atoms with Crippen LogP contribution in [0.4, 0.5) is 23.8 Å². The summed E-state index contributed by atoms with van der Waals surface area (Å²) in [6, 6.07) is 1.57.